The second-order valence-corrected chi connectivity index (χ2v) is 3.95. The van der Waals surface area contributed by atoms with Gasteiger partial charge in [-0.15, -0.1) is 0 Å². The molecule has 0 saturated carbocycles. The lowest BCUT2D eigenvalue weighted by Crippen LogP contribution is -2.23. The van der Waals surface area contributed by atoms with E-state index in [1.807, 2.05) is 13.8 Å². The van der Waals surface area contributed by atoms with Crippen molar-refractivity contribution in [2.45, 2.75) is 26.8 Å². The van der Waals surface area contributed by atoms with Gasteiger partial charge in [0.05, 0.1) is 11.0 Å². The molecule has 0 aliphatic heterocycles. The first-order valence-corrected chi connectivity index (χ1v) is 5.06. The van der Waals surface area contributed by atoms with E-state index in [2.05, 4.69) is 0 Å². The monoisotopic (exact) mass is 224 g/mol. The molecule has 0 spiro atoms. The minimum atomic E-state index is -0.409. The highest BCUT2D eigenvalue weighted by Crippen LogP contribution is 2.27. The molecule has 0 radical (unpaired) electrons. The average Bonchev–Trinajstić information content (AvgIpc) is 2.15. The maximum Gasteiger partial charge on any atom is 0.276 e. The first kappa shape index (κ1) is 12.4. The van der Waals surface area contributed by atoms with Crippen molar-refractivity contribution in [3.8, 4) is 5.75 Å². The summed E-state index contributed by atoms with van der Waals surface area (Å²) in [5.74, 6) is 0.523. The number of benzene rings is 1. The van der Waals surface area contributed by atoms with Crippen molar-refractivity contribution in [2.24, 2.45) is 5.73 Å². The molecule has 0 heterocycles. The molecule has 0 bridgehead atoms. The van der Waals surface area contributed by atoms with Crippen LogP contribution < -0.4 is 10.5 Å². The Morgan fingerprint density at radius 2 is 2.06 bits per heavy atom. The van der Waals surface area contributed by atoms with Crippen molar-refractivity contribution < 1.29 is 9.66 Å². The maximum atomic E-state index is 10.7. The number of rotatable bonds is 4. The third kappa shape index (κ3) is 2.93. The lowest BCUT2D eigenvalue weighted by Gasteiger charge is -2.11. The first-order valence-electron chi connectivity index (χ1n) is 5.06. The van der Waals surface area contributed by atoms with Crippen LogP contribution in [0.5, 0.6) is 5.75 Å². The Kier molecular flexibility index (Phi) is 3.84. The van der Waals surface area contributed by atoms with Crippen LogP contribution in [-0.2, 0) is 0 Å². The fourth-order valence-corrected chi connectivity index (χ4v) is 1.40. The first-order chi connectivity index (χ1) is 7.41. The number of ether oxygens (including phenoxy) is 1. The van der Waals surface area contributed by atoms with E-state index in [0.717, 1.165) is 5.56 Å². The number of nitrogens with two attached hydrogens (primary N) is 1. The third-order valence-electron chi connectivity index (χ3n) is 2.19. The maximum absolute atomic E-state index is 10.7. The highest BCUT2D eigenvalue weighted by molar-refractivity contribution is 5.49. The summed E-state index contributed by atoms with van der Waals surface area (Å²) in [5.41, 5.74) is 7.15. The zero-order valence-corrected chi connectivity index (χ0v) is 9.69. The van der Waals surface area contributed by atoms with Crippen molar-refractivity contribution in [3.63, 3.8) is 0 Å². The molecule has 1 atom stereocenters. The summed E-state index contributed by atoms with van der Waals surface area (Å²) in [5, 5.41) is 10.7. The molecule has 2 N–H and O–H groups in total. The Morgan fingerprint density at radius 1 is 1.44 bits per heavy atom. The largest absolute Gasteiger partial charge is 0.491 e. The van der Waals surface area contributed by atoms with Gasteiger partial charge in [0.2, 0.25) is 0 Å². The van der Waals surface area contributed by atoms with Crippen LogP contribution >= 0.6 is 0 Å². The van der Waals surface area contributed by atoms with Gasteiger partial charge in [-0.1, -0.05) is 0 Å². The molecular weight excluding hydrogens is 208 g/mol. The molecule has 0 amide bonds. The van der Waals surface area contributed by atoms with Crippen molar-refractivity contribution >= 4 is 5.69 Å². The summed E-state index contributed by atoms with van der Waals surface area (Å²) in [6.07, 6.45) is 0. The Hall–Kier alpha value is -1.62. The molecule has 88 valence electrons. The van der Waals surface area contributed by atoms with Crippen molar-refractivity contribution in [3.05, 3.63) is 33.4 Å². The summed E-state index contributed by atoms with van der Waals surface area (Å²) >= 11 is 0. The molecule has 0 fully saturated rings. The topological polar surface area (TPSA) is 78.4 Å². The highest BCUT2D eigenvalue weighted by atomic mass is 16.6. The molecule has 0 aliphatic carbocycles. The standard InChI is InChI=1S/C11H16N2O3/c1-7-4-8(2)11(16-6-9(3)12)5-10(7)13(14)15/h4-5,9H,6,12H2,1-3H3. The van der Waals surface area contributed by atoms with Crippen molar-refractivity contribution in [1.82, 2.24) is 0 Å². The summed E-state index contributed by atoms with van der Waals surface area (Å²) in [7, 11) is 0. The highest BCUT2D eigenvalue weighted by Gasteiger charge is 2.14. The van der Waals surface area contributed by atoms with Crippen LogP contribution in [0.2, 0.25) is 0 Å². The van der Waals surface area contributed by atoms with Crippen LogP contribution in [0.1, 0.15) is 18.1 Å². The van der Waals surface area contributed by atoms with E-state index >= 15 is 0 Å². The predicted molar refractivity (Wildman–Crippen MR) is 61.7 cm³/mol. The SMILES string of the molecule is Cc1cc(C)c([N+](=O)[O-])cc1OCC(C)N. The third-order valence-corrected chi connectivity index (χ3v) is 2.19. The minimum Gasteiger partial charge on any atom is -0.491 e. The van der Waals surface area contributed by atoms with Gasteiger partial charge in [0.25, 0.3) is 5.69 Å². The zero-order valence-electron chi connectivity index (χ0n) is 9.69. The van der Waals surface area contributed by atoms with Crippen LogP contribution in [0.25, 0.3) is 0 Å². The normalized spacial score (nSPS) is 12.2. The molecule has 0 aromatic heterocycles. The second kappa shape index (κ2) is 4.94. The molecule has 1 aromatic carbocycles. The average molecular weight is 224 g/mol. The molecule has 0 aliphatic rings. The van der Waals surface area contributed by atoms with Crippen LogP contribution in [-0.4, -0.2) is 17.6 Å². The molecule has 16 heavy (non-hydrogen) atoms. The molecule has 5 heteroatoms. The molecule has 0 saturated heterocycles. The number of aryl methyl sites for hydroxylation is 2. The van der Waals surface area contributed by atoms with Gasteiger partial charge in [-0.25, -0.2) is 0 Å². The van der Waals surface area contributed by atoms with Crippen LogP contribution in [0.3, 0.4) is 0 Å². The number of nitro groups is 1. The van der Waals surface area contributed by atoms with Crippen molar-refractivity contribution in [1.29, 1.82) is 0 Å². The van der Waals surface area contributed by atoms with E-state index in [-0.39, 0.29) is 11.7 Å². The molecule has 5 nitrogen and oxygen atoms in total. The number of hydrogen-bond acceptors (Lipinski definition) is 4. The summed E-state index contributed by atoms with van der Waals surface area (Å²) < 4.78 is 5.41. The van der Waals surface area contributed by atoms with Gasteiger partial charge in [-0.05, 0) is 32.4 Å². The zero-order chi connectivity index (χ0) is 12.3. The Bertz CT molecular complexity index is 402. The second-order valence-electron chi connectivity index (χ2n) is 3.95. The van der Waals surface area contributed by atoms with E-state index in [0.29, 0.717) is 17.9 Å². The van der Waals surface area contributed by atoms with E-state index < -0.39 is 4.92 Å². The molecular formula is C11H16N2O3. The van der Waals surface area contributed by atoms with Gasteiger partial charge >= 0.3 is 0 Å². The van der Waals surface area contributed by atoms with E-state index in [9.17, 15) is 10.1 Å². The lowest BCUT2D eigenvalue weighted by molar-refractivity contribution is -0.385. The Balaban J connectivity index is 3.00. The van der Waals surface area contributed by atoms with Crippen molar-refractivity contribution in [2.75, 3.05) is 6.61 Å². The van der Waals surface area contributed by atoms with Gasteiger partial charge in [0.15, 0.2) is 0 Å². The Labute approximate surface area is 94.4 Å². The molecule has 1 rings (SSSR count). The van der Waals surface area contributed by atoms with Crippen LogP contribution in [0.4, 0.5) is 5.69 Å². The lowest BCUT2D eigenvalue weighted by atomic mass is 10.1. The summed E-state index contributed by atoms with van der Waals surface area (Å²) in [6.45, 7) is 5.73. The molecule has 1 aromatic rings. The van der Waals surface area contributed by atoms with E-state index in [4.69, 9.17) is 10.5 Å². The van der Waals surface area contributed by atoms with E-state index in [1.54, 1.807) is 13.0 Å². The smallest absolute Gasteiger partial charge is 0.276 e. The molecule has 1 unspecified atom stereocenters. The van der Waals surface area contributed by atoms with E-state index in [1.165, 1.54) is 6.07 Å². The van der Waals surface area contributed by atoms with Gasteiger partial charge in [-0.2, -0.15) is 0 Å². The number of nitrogens with zero attached hydrogens (tertiary/aromatic N) is 1. The van der Waals surface area contributed by atoms with Crippen LogP contribution in [0, 0.1) is 24.0 Å². The van der Waals surface area contributed by atoms with Gasteiger partial charge in [-0.3, -0.25) is 10.1 Å². The van der Waals surface area contributed by atoms with Crippen LogP contribution in [0.15, 0.2) is 12.1 Å². The summed E-state index contributed by atoms with van der Waals surface area (Å²) in [6, 6.07) is 3.10. The fraction of sp³-hybridized carbons (Fsp3) is 0.455. The minimum absolute atomic E-state index is 0.0743. The number of hydrogen-bond donors (Lipinski definition) is 1. The quantitative estimate of drug-likeness (QED) is 0.626. The summed E-state index contributed by atoms with van der Waals surface area (Å²) in [4.78, 5) is 10.3. The van der Waals surface area contributed by atoms with Gasteiger partial charge in [0.1, 0.15) is 12.4 Å². The predicted octanol–water partition coefficient (Wildman–Crippen LogP) is 1.94. The van der Waals surface area contributed by atoms with Gasteiger partial charge < -0.3 is 10.5 Å². The Morgan fingerprint density at radius 3 is 2.56 bits per heavy atom. The number of nitro benzene ring substituents is 1. The van der Waals surface area contributed by atoms with Gasteiger partial charge in [0, 0.05) is 11.6 Å². The fourth-order valence-electron chi connectivity index (χ4n) is 1.40.